The Kier molecular flexibility index (Phi) is 4.59. The Morgan fingerprint density at radius 1 is 1.43 bits per heavy atom. The fourth-order valence-electron chi connectivity index (χ4n) is 1.86. The highest BCUT2D eigenvalue weighted by Gasteiger charge is 2.16. The first-order valence-corrected chi connectivity index (χ1v) is 6.38. The minimum absolute atomic E-state index is 0.160. The van der Waals surface area contributed by atoms with Crippen LogP contribution in [-0.2, 0) is 11.3 Å². The van der Waals surface area contributed by atoms with E-state index in [0.717, 1.165) is 0 Å². The summed E-state index contributed by atoms with van der Waals surface area (Å²) in [7, 11) is 1.53. The van der Waals surface area contributed by atoms with Gasteiger partial charge < -0.3 is 19.6 Å². The summed E-state index contributed by atoms with van der Waals surface area (Å²) in [5.74, 6) is -0.848. The van der Waals surface area contributed by atoms with Gasteiger partial charge in [0.05, 0.1) is 6.04 Å². The molecule has 1 heterocycles. The molecule has 1 aromatic carbocycles. The molecule has 2 N–H and O–H groups in total. The zero-order chi connectivity index (χ0) is 15.4. The maximum Gasteiger partial charge on any atom is 0.287 e. The fraction of sp³-hybridized carbons (Fsp3) is 0.267. The van der Waals surface area contributed by atoms with Gasteiger partial charge in [0.15, 0.2) is 17.3 Å². The van der Waals surface area contributed by atoms with Gasteiger partial charge in [-0.2, -0.15) is 0 Å². The molecule has 1 atom stereocenters. The molecular formula is C15H16FNO4. The third kappa shape index (κ3) is 3.61. The zero-order valence-electron chi connectivity index (χ0n) is 11.7. The maximum absolute atomic E-state index is 13.3. The third-order valence-corrected chi connectivity index (χ3v) is 2.99. The molecule has 0 spiro atoms. The van der Waals surface area contributed by atoms with Crippen molar-refractivity contribution in [2.75, 3.05) is 7.11 Å². The SMILES string of the molecule is COCc1ccc(C(=O)N[C@H](C)c2ccc(O)c(F)c2)o1. The van der Waals surface area contributed by atoms with Crippen LogP contribution in [0.4, 0.5) is 4.39 Å². The number of hydrogen-bond donors (Lipinski definition) is 2. The number of benzene rings is 1. The molecule has 112 valence electrons. The number of phenolic OH excluding ortho intramolecular Hbond substituents is 1. The lowest BCUT2D eigenvalue weighted by atomic mass is 10.1. The van der Waals surface area contributed by atoms with Gasteiger partial charge in [-0.25, -0.2) is 4.39 Å². The van der Waals surface area contributed by atoms with Gasteiger partial charge in [0.25, 0.3) is 5.91 Å². The number of carbonyl (C=O) groups is 1. The zero-order valence-corrected chi connectivity index (χ0v) is 11.7. The van der Waals surface area contributed by atoms with Crippen molar-refractivity contribution in [1.29, 1.82) is 0 Å². The average molecular weight is 293 g/mol. The average Bonchev–Trinajstić information content (AvgIpc) is 2.91. The number of amides is 1. The van der Waals surface area contributed by atoms with Crippen LogP contribution < -0.4 is 5.32 Å². The smallest absolute Gasteiger partial charge is 0.287 e. The van der Waals surface area contributed by atoms with Crippen LogP contribution in [0.2, 0.25) is 0 Å². The number of carbonyl (C=O) groups excluding carboxylic acids is 1. The van der Waals surface area contributed by atoms with E-state index < -0.39 is 23.5 Å². The summed E-state index contributed by atoms with van der Waals surface area (Å²) < 4.78 is 23.5. The number of phenols is 1. The first-order chi connectivity index (χ1) is 10.0. The number of hydrogen-bond acceptors (Lipinski definition) is 4. The number of rotatable bonds is 5. The third-order valence-electron chi connectivity index (χ3n) is 2.99. The Morgan fingerprint density at radius 3 is 2.86 bits per heavy atom. The Hall–Kier alpha value is -2.34. The molecule has 6 heteroatoms. The first kappa shape index (κ1) is 15.1. The van der Waals surface area contributed by atoms with E-state index in [4.69, 9.17) is 14.3 Å². The molecule has 2 aromatic rings. The van der Waals surface area contributed by atoms with Crippen molar-refractivity contribution in [2.24, 2.45) is 0 Å². The lowest BCUT2D eigenvalue weighted by molar-refractivity contribution is 0.0903. The number of aromatic hydroxyl groups is 1. The van der Waals surface area contributed by atoms with E-state index in [9.17, 15) is 9.18 Å². The number of halogens is 1. The maximum atomic E-state index is 13.3. The predicted molar refractivity (Wildman–Crippen MR) is 73.4 cm³/mol. The van der Waals surface area contributed by atoms with Crippen molar-refractivity contribution in [2.45, 2.75) is 19.6 Å². The van der Waals surface area contributed by atoms with Crippen molar-refractivity contribution in [1.82, 2.24) is 5.32 Å². The van der Waals surface area contributed by atoms with Gasteiger partial charge >= 0.3 is 0 Å². The van der Waals surface area contributed by atoms with Gasteiger partial charge in [-0.05, 0) is 36.8 Å². The summed E-state index contributed by atoms with van der Waals surface area (Å²) in [6.07, 6.45) is 0. The number of methoxy groups -OCH3 is 1. The second-order valence-corrected chi connectivity index (χ2v) is 4.60. The summed E-state index contributed by atoms with van der Waals surface area (Å²) in [6.45, 7) is 1.99. The van der Waals surface area contributed by atoms with Crippen LogP contribution in [0.25, 0.3) is 0 Å². The quantitative estimate of drug-likeness (QED) is 0.889. The highest BCUT2D eigenvalue weighted by atomic mass is 19.1. The molecule has 0 aliphatic heterocycles. The molecule has 0 saturated carbocycles. The highest BCUT2D eigenvalue weighted by Crippen LogP contribution is 2.21. The van der Waals surface area contributed by atoms with Gasteiger partial charge in [-0.3, -0.25) is 4.79 Å². The standard InChI is InChI=1S/C15H16FNO4/c1-9(10-3-5-13(18)12(16)7-10)17-15(19)14-6-4-11(21-14)8-20-2/h3-7,9,18H,8H2,1-2H3,(H,17,19)/t9-/m1/s1. The summed E-state index contributed by atoms with van der Waals surface area (Å²) in [6, 6.07) is 6.75. The molecule has 0 saturated heterocycles. The Labute approximate surface area is 121 Å². The predicted octanol–water partition coefficient (Wildman–Crippen LogP) is 2.76. The number of nitrogens with one attached hydrogen (secondary N) is 1. The molecule has 0 aliphatic rings. The minimum Gasteiger partial charge on any atom is -0.505 e. The van der Waals surface area contributed by atoms with Crippen molar-refractivity contribution in [3.05, 3.63) is 53.2 Å². The van der Waals surface area contributed by atoms with Gasteiger partial charge in [0.1, 0.15) is 12.4 Å². The fourth-order valence-corrected chi connectivity index (χ4v) is 1.86. The number of ether oxygens (including phenoxy) is 1. The second-order valence-electron chi connectivity index (χ2n) is 4.60. The molecule has 0 unspecified atom stereocenters. The summed E-state index contributed by atoms with van der Waals surface area (Å²) >= 11 is 0. The molecule has 0 aliphatic carbocycles. The molecule has 0 bridgehead atoms. The highest BCUT2D eigenvalue weighted by molar-refractivity contribution is 5.91. The molecule has 0 fully saturated rings. The lowest BCUT2D eigenvalue weighted by Crippen LogP contribution is -2.26. The first-order valence-electron chi connectivity index (χ1n) is 6.38. The Balaban J connectivity index is 2.05. The molecule has 5 nitrogen and oxygen atoms in total. The molecule has 2 rings (SSSR count). The van der Waals surface area contributed by atoms with Crippen molar-refractivity contribution in [3.8, 4) is 5.75 Å². The van der Waals surface area contributed by atoms with E-state index in [1.165, 1.54) is 19.2 Å². The van der Waals surface area contributed by atoms with E-state index in [0.29, 0.717) is 11.3 Å². The van der Waals surface area contributed by atoms with E-state index in [2.05, 4.69) is 5.32 Å². The summed E-state index contributed by atoms with van der Waals surface area (Å²) in [5, 5.41) is 11.8. The van der Waals surface area contributed by atoms with Gasteiger partial charge in [0.2, 0.25) is 0 Å². The van der Waals surface area contributed by atoms with E-state index >= 15 is 0 Å². The largest absolute Gasteiger partial charge is 0.505 e. The van der Waals surface area contributed by atoms with E-state index in [-0.39, 0.29) is 12.4 Å². The van der Waals surface area contributed by atoms with Crippen LogP contribution >= 0.6 is 0 Å². The van der Waals surface area contributed by atoms with Gasteiger partial charge in [-0.1, -0.05) is 6.07 Å². The molecule has 1 amide bonds. The topological polar surface area (TPSA) is 71.7 Å². The van der Waals surface area contributed by atoms with Gasteiger partial charge in [0, 0.05) is 7.11 Å². The normalized spacial score (nSPS) is 12.1. The minimum atomic E-state index is -0.728. The second kappa shape index (κ2) is 6.41. The van der Waals surface area contributed by atoms with Crippen LogP contribution in [0.1, 0.15) is 34.8 Å². The van der Waals surface area contributed by atoms with Crippen molar-refractivity contribution < 1.29 is 23.4 Å². The Bertz CT molecular complexity index is 638. The van der Waals surface area contributed by atoms with E-state index in [1.807, 2.05) is 0 Å². The monoisotopic (exact) mass is 293 g/mol. The van der Waals surface area contributed by atoms with Crippen LogP contribution in [0.3, 0.4) is 0 Å². The lowest BCUT2D eigenvalue weighted by Gasteiger charge is -2.13. The molecular weight excluding hydrogens is 277 g/mol. The van der Waals surface area contributed by atoms with Crippen molar-refractivity contribution >= 4 is 5.91 Å². The summed E-state index contributed by atoms with van der Waals surface area (Å²) in [5.41, 5.74) is 0.544. The van der Waals surface area contributed by atoms with Crippen molar-refractivity contribution in [3.63, 3.8) is 0 Å². The van der Waals surface area contributed by atoms with E-state index in [1.54, 1.807) is 25.1 Å². The molecule has 0 radical (unpaired) electrons. The van der Waals surface area contributed by atoms with Gasteiger partial charge in [-0.15, -0.1) is 0 Å². The Morgan fingerprint density at radius 2 is 2.19 bits per heavy atom. The van der Waals surface area contributed by atoms with Crippen LogP contribution in [0.15, 0.2) is 34.7 Å². The number of furan rings is 1. The summed E-state index contributed by atoms with van der Waals surface area (Å²) in [4.78, 5) is 12.0. The van der Waals surface area contributed by atoms with Crippen LogP contribution in [0, 0.1) is 5.82 Å². The molecule has 1 aromatic heterocycles. The van der Waals surface area contributed by atoms with Crippen LogP contribution in [0.5, 0.6) is 5.75 Å². The van der Waals surface area contributed by atoms with Crippen LogP contribution in [-0.4, -0.2) is 18.1 Å². The molecule has 21 heavy (non-hydrogen) atoms.